The first kappa shape index (κ1) is 17.2. The van der Waals surface area contributed by atoms with Crippen molar-refractivity contribution >= 4 is 17.6 Å². The molecule has 2 heterocycles. The van der Waals surface area contributed by atoms with E-state index < -0.39 is 5.60 Å². The van der Waals surface area contributed by atoms with Crippen molar-refractivity contribution < 1.29 is 14.3 Å². The molecule has 23 heavy (non-hydrogen) atoms. The molecule has 0 unspecified atom stereocenters. The summed E-state index contributed by atoms with van der Waals surface area (Å²) in [6.07, 6.45) is -0.266. The fraction of sp³-hybridized carbons (Fsp3) is 0.625. The topological polar surface area (TPSA) is 80.9 Å². The predicted octanol–water partition coefficient (Wildman–Crippen LogP) is 2.12. The van der Waals surface area contributed by atoms with Gasteiger partial charge in [-0.15, -0.1) is 0 Å². The monoisotopic (exact) mass is 322 g/mol. The molecule has 0 aliphatic carbocycles. The quantitative estimate of drug-likeness (QED) is 0.918. The van der Waals surface area contributed by atoms with E-state index in [1.165, 1.54) is 0 Å². The molecular formula is C16H26N4O3. The van der Waals surface area contributed by atoms with Gasteiger partial charge in [-0.3, -0.25) is 0 Å². The molecule has 0 aromatic carbocycles. The highest BCUT2D eigenvalue weighted by atomic mass is 16.6. The number of rotatable bonds is 3. The second-order valence-electron chi connectivity index (χ2n) is 6.45. The van der Waals surface area contributed by atoms with Gasteiger partial charge in [-0.1, -0.05) is 0 Å². The average molecular weight is 322 g/mol. The van der Waals surface area contributed by atoms with Crippen LogP contribution in [-0.2, 0) is 4.74 Å². The van der Waals surface area contributed by atoms with Gasteiger partial charge in [-0.2, -0.15) is 4.98 Å². The van der Waals surface area contributed by atoms with Crippen LogP contribution < -0.4 is 15.4 Å². The Morgan fingerprint density at radius 1 is 1.26 bits per heavy atom. The number of ether oxygens (including phenoxy) is 2. The summed E-state index contributed by atoms with van der Waals surface area (Å²) in [6, 6.07) is 3.68. The molecule has 0 saturated carbocycles. The Kier molecular flexibility index (Phi) is 5.18. The number of nitrogens with zero attached hydrogens (tertiary/aromatic N) is 3. The molecule has 1 aromatic rings. The molecule has 2 rings (SSSR count). The maximum absolute atomic E-state index is 12.1. The van der Waals surface area contributed by atoms with Crippen LogP contribution in [0.2, 0.25) is 0 Å². The lowest BCUT2D eigenvalue weighted by atomic mass is 10.2. The number of hydrogen-bond donors (Lipinski definition) is 1. The van der Waals surface area contributed by atoms with E-state index in [4.69, 9.17) is 15.2 Å². The van der Waals surface area contributed by atoms with Crippen molar-refractivity contribution in [3.8, 4) is 5.88 Å². The van der Waals surface area contributed by atoms with Crippen molar-refractivity contribution in [3.63, 3.8) is 0 Å². The molecule has 0 spiro atoms. The van der Waals surface area contributed by atoms with Crippen LogP contribution in [0.1, 0.15) is 27.7 Å². The summed E-state index contributed by atoms with van der Waals surface area (Å²) in [7, 11) is 0. The molecule has 1 fully saturated rings. The SMILES string of the molecule is CCOc1nc(N2CCN(C(=O)OC(C)(C)C)CC2)ccc1N. The maximum Gasteiger partial charge on any atom is 0.410 e. The third kappa shape index (κ3) is 4.64. The van der Waals surface area contributed by atoms with Crippen LogP contribution in [0.5, 0.6) is 5.88 Å². The van der Waals surface area contributed by atoms with Crippen molar-refractivity contribution in [2.45, 2.75) is 33.3 Å². The van der Waals surface area contributed by atoms with Crippen molar-refractivity contribution in [1.82, 2.24) is 9.88 Å². The lowest BCUT2D eigenvalue weighted by Crippen LogP contribution is -2.50. The van der Waals surface area contributed by atoms with Crippen LogP contribution >= 0.6 is 0 Å². The number of amides is 1. The summed E-state index contributed by atoms with van der Waals surface area (Å²) in [6.45, 7) is 10.6. The number of aromatic nitrogens is 1. The highest BCUT2D eigenvalue weighted by molar-refractivity contribution is 5.68. The van der Waals surface area contributed by atoms with Crippen LogP contribution in [0.4, 0.5) is 16.3 Å². The fourth-order valence-corrected chi connectivity index (χ4v) is 2.31. The summed E-state index contributed by atoms with van der Waals surface area (Å²) in [4.78, 5) is 20.4. The van der Waals surface area contributed by atoms with E-state index in [0.29, 0.717) is 44.4 Å². The minimum atomic E-state index is -0.473. The van der Waals surface area contributed by atoms with Crippen LogP contribution in [0.3, 0.4) is 0 Å². The van der Waals surface area contributed by atoms with E-state index in [2.05, 4.69) is 9.88 Å². The summed E-state index contributed by atoms with van der Waals surface area (Å²) in [5, 5.41) is 0. The number of carbonyl (C=O) groups is 1. The fourth-order valence-electron chi connectivity index (χ4n) is 2.31. The maximum atomic E-state index is 12.1. The number of pyridine rings is 1. The Labute approximate surface area is 137 Å². The van der Waals surface area contributed by atoms with Gasteiger partial charge >= 0.3 is 6.09 Å². The number of hydrogen-bond acceptors (Lipinski definition) is 6. The molecule has 0 bridgehead atoms. The number of anilines is 2. The second kappa shape index (κ2) is 6.93. The Balaban J connectivity index is 1.96. The van der Waals surface area contributed by atoms with Crippen LogP contribution in [0.25, 0.3) is 0 Å². The summed E-state index contributed by atoms with van der Waals surface area (Å²) < 4.78 is 10.8. The van der Waals surface area contributed by atoms with E-state index in [9.17, 15) is 4.79 Å². The molecule has 0 radical (unpaired) electrons. The lowest BCUT2D eigenvalue weighted by molar-refractivity contribution is 0.0240. The van der Waals surface area contributed by atoms with Crippen molar-refractivity contribution in [3.05, 3.63) is 12.1 Å². The normalized spacial score (nSPS) is 15.5. The van der Waals surface area contributed by atoms with Gasteiger partial charge in [-0.25, -0.2) is 4.79 Å². The zero-order chi connectivity index (χ0) is 17.0. The minimum absolute atomic E-state index is 0.266. The van der Waals surface area contributed by atoms with E-state index in [-0.39, 0.29) is 6.09 Å². The number of carbonyl (C=O) groups excluding carboxylic acids is 1. The van der Waals surface area contributed by atoms with Gasteiger partial charge in [0.1, 0.15) is 11.4 Å². The molecule has 0 atom stereocenters. The largest absolute Gasteiger partial charge is 0.476 e. The van der Waals surface area contributed by atoms with Crippen LogP contribution in [0.15, 0.2) is 12.1 Å². The van der Waals surface area contributed by atoms with E-state index in [1.54, 1.807) is 11.0 Å². The Morgan fingerprint density at radius 2 is 1.91 bits per heavy atom. The summed E-state index contributed by atoms with van der Waals surface area (Å²) >= 11 is 0. The third-order valence-corrected chi connectivity index (χ3v) is 3.41. The molecule has 7 nitrogen and oxygen atoms in total. The van der Waals surface area contributed by atoms with Gasteiger partial charge in [0, 0.05) is 26.2 Å². The first-order valence-electron chi connectivity index (χ1n) is 7.92. The molecule has 1 amide bonds. The smallest absolute Gasteiger partial charge is 0.410 e. The van der Waals surface area contributed by atoms with Gasteiger partial charge in [0.2, 0.25) is 5.88 Å². The molecule has 128 valence electrons. The average Bonchev–Trinajstić information content (AvgIpc) is 2.48. The van der Waals surface area contributed by atoms with Crippen LogP contribution in [0, 0.1) is 0 Å². The minimum Gasteiger partial charge on any atom is -0.476 e. The van der Waals surface area contributed by atoms with Gasteiger partial charge in [0.15, 0.2) is 0 Å². The molecular weight excluding hydrogens is 296 g/mol. The highest BCUT2D eigenvalue weighted by Gasteiger charge is 2.26. The number of nitrogens with two attached hydrogens (primary N) is 1. The zero-order valence-corrected chi connectivity index (χ0v) is 14.3. The standard InChI is InChI=1S/C16H26N4O3/c1-5-22-14-12(17)6-7-13(18-14)19-8-10-20(11-9-19)15(21)23-16(2,3)4/h6-7H,5,8-11,17H2,1-4H3. The van der Waals surface area contributed by atoms with Crippen LogP contribution in [-0.4, -0.2) is 54.4 Å². The van der Waals surface area contributed by atoms with Crippen molar-refractivity contribution in [2.75, 3.05) is 43.4 Å². The van der Waals surface area contributed by atoms with E-state index in [1.807, 2.05) is 33.8 Å². The third-order valence-electron chi connectivity index (χ3n) is 3.41. The van der Waals surface area contributed by atoms with Gasteiger partial charge < -0.3 is 25.0 Å². The molecule has 7 heteroatoms. The molecule has 2 N–H and O–H groups in total. The lowest BCUT2D eigenvalue weighted by Gasteiger charge is -2.36. The number of piperazine rings is 1. The van der Waals surface area contributed by atoms with E-state index >= 15 is 0 Å². The first-order chi connectivity index (χ1) is 10.8. The highest BCUT2D eigenvalue weighted by Crippen LogP contribution is 2.24. The zero-order valence-electron chi connectivity index (χ0n) is 14.3. The Hall–Kier alpha value is -2.18. The summed E-state index contributed by atoms with van der Waals surface area (Å²) in [5.74, 6) is 1.27. The van der Waals surface area contributed by atoms with Crippen molar-refractivity contribution in [2.24, 2.45) is 0 Å². The molecule has 1 saturated heterocycles. The van der Waals surface area contributed by atoms with Gasteiger partial charge in [-0.05, 0) is 39.8 Å². The Bertz CT molecular complexity index is 549. The Morgan fingerprint density at radius 3 is 2.48 bits per heavy atom. The van der Waals surface area contributed by atoms with Gasteiger partial charge in [0.25, 0.3) is 0 Å². The predicted molar refractivity (Wildman–Crippen MR) is 89.8 cm³/mol. The van der Waals surface area contributed by atoms with Gasteiger partial charge in [0.05, 0.1) is 12.3 Å². The number of nitrogen functional groups attached to an aromatic ring is 1. The summed E-state index contributed by atoms with van der Waals surface area (Å²) in [5.41, 5.74) is 5.91. The van der Waals surface area contributed by atoms with Crippen molar-refractivity contribution in [1.29, 1.82) is 0 Å². The second-order valence-corrected chi connectivity index (χ2v) is 6.45. The molecule has 1 aliphatic rings. The van der Waals surface area contributed by atoms with E-state index in [0.717, 1.165) is 5.82 Å². The first-order valence-corrected chi connectivity index (χ1v) is 7.92. The molecule has 1 aliphatic heterocycles. The molecule has 1 aromatic heterocycles.